The smallest absolute Gasteiger partial charge is 0.339 e. The molecule has 0 spiro atoms. The van der Waals surface area contributed by atoms with E-state index in [1.807, 2.05) is 18.2 Å². The highest BCUT2D eigenvalue weighted by molar-refractivity contribution is 7.87. The molecule has 0 amide bonds. The molecule has 0 aromatic heterocycles. The summed E-state index contributed by atoms with van der Waals surface area (Å²) in [5, 5.41) is 3.33. The third kappa shape index (κ3) is 3.56. The molecule has 2 atom stereocenters. The lowest BCUT2D eigenvalue weighted by molar-refractivity contribution is 0.177. The van der Waals surface area contributed by atoms with E-state index in [1.165, 1.54) is 0 Å². The van der Waals surface area contributed by atoms with Gasteiger partial charge in [-0.15, -0.1) is 0 Å². The van der Waals surface area contributed by atoms with E-state index >= 15 is 0 Å². The van der Waals surface area contributed by atoms with Gasteiger partial charge in [0.15, 0.2) is 0 Å². The molecule has 1 N–H and O–H groups in total. The van der Waals surface area contributed by atoms with Crippen molar-refractivity contribution in [2.24, 2.45) is 0 Å². The molecule has 5 nitrogen and oxygen atoms in total. The minimum Gasteiger partial charge on any atom is -0.488 e. The zero-order valence-corrected chi connectivity index (χ0v) is 16.7. The molecular weight excluding hydrogens is 362 g/mol. The van der Waals surface area contributed by atoms with E-state index < -0.39 is 10.1 Å². The first-order chi connectivity index (χ1) is 12.7. The minimum atomic E-state index is -3.88. The zero-order chi connectivity index (χ0) is 19.2. The van der Waals surface area contributed by atoms with E-state index in [2.05, 4.69) is 26.1 Å². The van der Waals surface area contributed by atoms with E-state index in [0.29, 0.717) is 11.7 Å². The normalized spacial score (nSPS) is 21.9. The van der Waals surface area contributed by atoms with Crippen molar-refractivity contribution in [3.8, 4) is 11.5 Å². The van der Waals surface area contributed by atoms with Crippen LogP contribution in [0.2, 0.25) is 0 Å². The molecule has 2 unspecified atom stereocenters. The van der Waals surface area contributed by atoms with Crippen LogP contribution in [0.3, 0.4) is 0 Å². The van der Waals surface area contributed by atoms with Gasteiger partial charge in [-0.05, 0) is 54.3 Å². The summed E-state index contributed by atoms with van der Waals surface area (Å²) in [6.45, 7) is 8.02. The van der Waals surface area contributed by atoms with Crippen LogP contribution in [-0.4, -0.2) is 27.6 Å². The molecule has 2 aromatic rings. The van der Waals surface area contributed by atoms with Gasteiger partial charge in [0.25, 0.3) is 0 Å². The van der Waals surface area contributed by atoms with Crippen molar-refractivity contribution in [1.82, 2.24) is 5.32 Å². The molecule has 2 aliphatic heterocycles. The second kappa shape index (κ2) is 6.53. The third-order valence-electron chi connectivity index (χ3n) is 5.30. The van der Waals surface area contributed by atoms with Crippen molar-refractivity contribution in [3.63, 3.8) is 0 Å². The molecule has 0 radical (unpaired) electrons. The molecular formula is C21H25NO4S. The summed E-state index contributed by atoms with van der Waals surface area (Å²) >= 11 is 0. The molecule has 144 valence electrons. The zero-order valence-electron chi connectivity index (χ0n) is 15.9. The summed E-state index contributed by atoms with van der Waals surface area (Å²) in [6.07, 6.45) is 1.09. The van der Waals surface area contributed by atoms with Gasteiger partial charge in [0.1, 0.15) is 22.5 Å². The van der Waals surface area contributed by atoms with Gasteiger partial charge in [0.05, 0.1) is 0 Å². The van der Waals surface area contributed by atoms with E-state index in [-0.39, 0.29) is 16.4 Å². The monoisotopic (exact) mass is 387 g/mol. The molecule has 0 bridgehead atoms. The van der Waals surface area contributed by atoms with E-state index in [0.717, 1.165) is 36.4 Å². The Morgan fingerprint density at radius 3 is 2.56 bits per heavy atom. The van der Waals surface area contributed by atoms with Crippen LogP contribution in [-0.2, 0) is 15.5 Å². The predicted octanol–water partition coefficient (Wildman–Crippen LogP) is 3.59. The van der Waals surface area contributed by atoms with Gasteiger partial charge in [-0.3, -0.25) is 0 Å². The number of fused-ring (bicyclic) bond motifs is 3. The topological polar surface area (TPSA) is 64.6 Å². The second-order valence-electron chi connectivity index (χ2n) is 8.27. The second-order valence-corrected chi connectivity index (χ2v) is 9.81. The Labute approximate surface area is 160 Å². The maximum Gasteiger partial charge on any atom is 0.339 e. The minimum absolute atomic E-state index is 0.0332. The van der Waals surface area contributed by atoms with Crippen LogP contribution in [0.5, 0.6) is 11.5 Å². The van der Waals surface area contributed by atoms with Gasteiger partial charge >= 0.3 is 10.1 Å². The summed E-state index contributed by atoms with van der Waals surface area (Å²) in [7, 11) is -3.88. The number of rotatable bonds is 3. The molecule has 0 aliphatic carbocycles. The largest absolute Gasteiger partial charge is 0.488 e. The van der Waals surface area contributed by atoms with Gasteiger partial charge < -0.3 is 14.2 Å². The Balaban J connectivity index is 1.57. The Morgan fingerprint density at radius 2 is 1.85 bits per heavy atom. The van der Waals surface area contributed by atoms with Crippen LogP contribution in [0, 0.1) is 0 Å². The Bertz CT molecular complexity index is 945. The van der Waals surface area contributed by atoms with Crippen molar-refractivity contribution in [3.05, 3.63) is 53.6 Å². The van der Waals surface area contributed by atoms with Crippen molar-refractivity contribution in [1.29, 1.82) is 0 Å². The lowest BCUT2D eigenvalue weighted by Crippen LogP contribution is -2.39. The standard InChI is InChI=1S/C21H25NO4S/c1-21(2,3)14-4-7-16(8-5-14)27(23,24)26-15-6-9-19-18(12-15)17-10-11-22-13-20(17)25-19/h4-9,12,17,20,22H,10-11,13H2,1-3H3. The summed E-state index contributed by atoms with van der Waals surface area (Å²) in [6, 6.07) is 12.2. The Morgan fingerprint density at radius 1 is 1.11 bits per heavy atom. The summed E-state index contributed by atoms with van der Waals surface area (Å²) in [5.41, 5.74) is 2.08. The summed E-state index contributed by atoms with van der Waals surface area (Å²) in [5.74, 6) is 1.45. The molecule has 4 rings (SSSR count). The van der Waals surface area contributed by atoms with Crippen molar-refractivity contribution in [2.45, 2.75) is 49.5 Å². The molecule has 2 heterocycles. The van der Waals surface area contributed by atoms with Crippen LogP contribution >= 0.6 is 0 Å². The molecule has 1 fully saturated rings. The Hall–Kier alpha value is -2.05. The molecule has 0 saturated carbocycles. The van der Waals surface area contributed by atoms with Gasteiger partial charge in [-0.1, -0.05) is 32.9 Å². The lowest BCUT2D eigenvalue weighted by atomic mass is 9.87. The average molecular weight is 388 g/mol. The van der Waals surface area contributed by atoms with Crippen LogP contribution in [0.25, 0.3) is 0 Å². The van der Waals surface area contributed by atoms with Gasteiger partial charge in [-0.25, -0.2) is 0 Å². The molecule has 2 aliphatic rings. The maximum atomic E-state index is 12.7. The lowest BCUT2D eigenvalue weighted by Gasteiger charge is -2.24. The van der Waals surface area contributed by atoms with Crippen molar-refractivity contribution in [2.75, 3.05) is 13.1 Å². The van der Waals surface area contributed by atoms with Gasteiger partial charge in [-0.2, -0.15) is 8.42 Å². The summed E-state index contributed by atoms with van der Waals surface area (Å²) in [4.78, 5) is 0.159. The average Bonchev–Trinajstić information content (AvgIpc) is 2.99. The highest BCUT2D eigenvalue weighted by Gasteiger charge is 2.36. The number of ether oxygens (including phenoxy) is 1. The van der Waals surface area contributed by atoms with Crippen LogP contribution in [0.4, 0.5) is 0 Å². The number of hydrogen-bond donors (Lipinski definition) is 1. The van der Waals surface area contributed by atoms with Crippen molar-refractivity contribution >= 4 is 10.1 Å². The third-order valence-corrected chi connectivity index (χ3v) is 6.56. The first-order valence-corrected chi connectivity index (χ1v) is 10.7. The SMILES string of the molecule is CC(C)(C)c1ccc(S(=O)(=O)Oc2ccc3c(c2)C2CCNCC2O3)cc1. The number of nitrogens with one attached hydrogen (secondary N) is 1. The molecule has 6 heteroatoms. The molecule has 2 aromatic carbocycles. The number of hydrogen-bond acceptors (Lipinski definition) is 5. The van der Waals surface area contributed by atoms with Crippen molar-refractivity contribution < 1.29 is 17.3 Å². The number of benzene rings is 2. The first kappa shape index (κ1) is 18.3. The Kier molecular flexibility index (Phi) is 4.43. The fourth-order valence-corrected chi connectivity index (χ4v) is 4.67. The molecule has 1 saturated heterocycles. The highest BCUT2D eigenvalue weighted by Crippen LogP contribution is 2.43. The van der Waals surface area contributed by atoms with Crippen LogP contribution in [0.1, 0.15) is 44.2 Å². The van der Waals surface area contributed by atoms with E-state index in [1.54, 1.807) is 24.3 Å². The van der Waals surface area contributed by atoms with E-state index in [9.17, 15) is 8.42 Å². The maximum absolute atomic E-state index is 12.7. The predicted molar refractivity (Wildman–Crippen MR) is 104 cm³/mol. The highest BCUT2D eigenvalue weighted by atomic mass is 32.2. The fraction of sp³-hybridized carbons (Fsp3) is 0.429. The fourth-order valence-electron chi connectivity index (χ4n) is 3.74. The van der Waals surface area contributed by atoms with Crippen LogP contribution < -0.4 is 14.2 Å². The van der Waals surface area contributed by atoms with Gasteiger partial charge in [0.2, 0.25) is 0 Å². The van der Waals surface area contributed by atoms with E-state index in [4.69, 9.17) is 8.92 Å². The first-order valence-electron chi connectivity index (χ1n) is 9.30. The van der Waals surface area contributed by atoms with Gasteiger partial charge in [0, 0.05) is 18.0 Å². The van der Waals surface area contributed by atoms with Crippen LogP contribution in [0.15, 0.2) is 47.4 Å². The molecule has 27 heavy (non-hydrogen) atoms. The summed E-state index contributed by atoms with van der Waals surface area (Å²) < 4.78 is 36.7. The quantitative estimate of drug-likeness (QED) is 0.816. The number of piperidine rings is 1.